The van der Waals surface area contributed by atoms with Gasteiger partial charge in [-0.1, -0.05) is 0 Å². The minimum absolute atomic E-state index is 0. The molecule has 31 heavy (non-hydrogen) atoms. The van der Waals surface area contributed by atoms with Crippen LogP contribution in [0.5, 0.6) is 0 Å². The molecule has 0 bridgehead atoms. The molecule has 0 fully saturated rings. The third kappa shape index (κ3) is 1090. The van der Waals surface area contributed by atoms with E-state index in [4.69, 9.17) is 61.0 Å². The number of rotatable bonds is 4. The second-order valence-corrected chi connectivity index (χ2v) is 3.92. The van der Waals surface area contributed by atoms with Crippen LogP contribution in [-0.2, 0) is 43.5 Å². The van der Waals surface area contributed by atoms with Crippen molar-refractivity contribution < 1.29 is 69.0 Å². The van der Waals surface area contributed by atoms with Gasteiger partial charge in [0.05, 0.1) is 0 Å². The van der Waals surface area contributed by atoms with E-state index >= 15 is 0 Å². The van der Waals surface area contributed by atoms with Crippen LogP contribution in [0.4, 0.5) is 0 Å². The van der Waals surface area contributed by atoms with Crippen molar-refractivity contribution >= 4 is 119 Å². The molecule has 0 heterocycles. The molecule has 0 atom stereocenters. The van der Waals surface area contributed by atoms with Crippen molar-refractivity contribution in [2.24, 2.45) is 11.5 Å². The Hall–Kier alpha value is 0.853. The normalized spacial score (nSPS) is 6.16. The van der Waals surface area contributed by atoms with Crippen LogP contribution >= 0.6 is 0 Å². The fourth-order valence-electron chi connectivity index (χ4n) is 0.329. The molecule has 0 aromatic carbocycles. The van der Waals surface area contributed by atoms with E-state index < -0.39 is 29.8 Å². The molecule has 0 saturated carbocycles. The molecule has 10 N–H and O–H groups in total. The van der Waals surface area contributed by atoms with E-state index in [1.54, 1.807) is 0 Å². The molecule has 0 aliphatic heterocycles. The van der Waals surface area contributed by atoms with Gasteiger partial charge < -0.3 is 42.3 Å². The largest absolute Gasteiger partial charge is 0.481 e. The van der Waals surface area contributed by atoms with Crippen molar-refractivity contribution in [3.8, 4) is 0 Å². The molecule has 0 unspecified atom stereocenters. The summed E-state index contributed by atoms with van der Waals surface area (Å²) in [7, 11) is 0. The summed E-state index contributed by atoms with van der Waals surface area (Å²) in [5, 5.41) is 40.1. The van der Waals surface area contributed by atoms with Crippen molar-refractivity contribution in [1.82, 2.24) is 5.32 Å². The number of hydrogen-bond donors (Lipinski definition) is 8. The number of hydrogen-bond acceptors (Lipinski definition) is 8. The van der Waals surface area contributed by atoms with Gasteiger partial charge in [0, 0.05) is 169 Å². The number of nitrogens with one attached hydrogen (secondary N) is 1. The molecular formula is C14H33N3Na3O10Zn. The van der Waals surface area contributed by atoms with E-state index in [1.807, 2.05) is 0 Å². The van der Waals surface area contributed by atoms with Gasteiger partial charge in [-0.15, -0.1) is 0 Å². The van der Waals surface area contributed by atoms with Gasteiger partial charge >= 0.3 is 0 Å². The summed E-state index contributed by atoms with van der Waals surface area (Å²) >= 11 is 0. The predicted molar refractivity (Wildman–Crippen MR) is 115 cm³/mol. The Balaban J connectivity index is -0.0000000211. The molecule has 3 radical (unpaired) electrons. The van der Waals surface area contributed by atoms with Gasteiger partial charge in [-0.3, -0.25) is 24.0 Å². The van der Waals surface area contributed by atoms with Gasteiger partial charge in [-0.2, -0.15) is 0 Å². The Bertz CT molecular complexity index is 303. The molecule has 0 rings (SSSR count). The third-order valence-electron chi connectivity index (χ3n) is 0.642. The van der Waals surface area contributed by atoms with E-state index in [0.29, 0.717) is 13.1 Å². The van der Waals surface area contributed by atoms with Crippen molar-refractivity contribution in [2.75, 3.05) is 26.2 Å². The van der Waals surface area contributed by atoms with Gasteiger partial charge in [0.15, 0.2) is 0 Å². The molecule has 17 heteroatoms. The molecule has 13 nitrogen and oxygen atoms in total. The Morgan fingerprint density at radius 3 is 0.710 bits per heavy atom. The summed E-state index contributed by atoms with van der Waals surface area (Å²) in [6.07, 6.45) is 0. The van der Waals surface area contributed by atoms with Crippen LogP contribution < -0.4 is 16.8 Å². The third-order valence-corrected chi connectivity index (χ3v) is 0.642. The zero-order valence-electron chi connectivity index (χ0n) is 20.0. The Morgan fingerprint density at radius 2 is 0.645 bits per heavy atom. The monoisotopic (exact) mass is 536 g/mol. The predicted octanol–water partition coefficient (Wildman–Crippen LogP) is -2.20. The van der Waals surface area contributed by atoms with Crippen LogP contribution in [0.25, 0.3) is 0 Å². The number of carbonyl (C=O) groups is 5. The minimum atomic E-state index is -0.833. The second-order valence-electron chi connectivity index (χ2n) is 3.92. The molecule has 0 aromatic heterocycles. The standard InChI is InChI=1S/C4H13N3.5C2H4O2.3Na.Zn/c5-1-3-7-4-2-6;5*1-2(3)4;;;;/h7H,1-6H2;5*1H3,(H,3,4);;;;. The first kappa shape index (κ1) is 63.5. The molecule has 0 aliphatic carbocycles. The maximum atomic E-state index is 9.00. The van der Waals surface area contributed by atoms with Crippen LogP contribution in [0.15, 0.2) is 0 Å². The van der Waals surface area contributed by atoms with Gasteiger partial charge in [0.1, 0.15) is 0 Å². The summed E-state index contributed by atoms with van der Waals surface area (Å²) in [6.45, 7) is 8.55. The van der Waals surface area contributed by atoms with E-state index in [0.717, 1.165) is 47.7 Å². The second kappa shape index (κ2) is 63.2. The van der Waals surface area contributed by atoms with Crippen LogP contribution in [0, 0.1) is 0 Å². The summed E-state index contributed by atoms with van der Waals surface area (Å²) in [5.74, 6) is -4.17. The van der Waals surface area contributed by atoms with Crippen LogP contribution in [-0.4, -0.2) is 170 Å². The van der Waals surface area contributed by atoms with Crippen LogP contribution in [0.3, 0.4) is 0 Å². The van der Waals surface area contributed by atoms with Crippen molar-refractivity contribution in [3.05, 3.63) is 0 Å². The van der Waals surface area contributed by atoms with Crippen LogP contribution in [0.2, 0.25) is 0 Å². The van der Waals surface area contributed by atoms with E-state index in [2.05, 4.69) is 5.32 Å². The van der Waals surface area contributed by atoms with Gasteiger partial charge in [-0.05, 0) is 0 Å². The topological polar surface area (TPSA) is 251 Å². The average Bonchev–Trinajstić information content (AvgIpc) is 2.35. The SMILES string of the molecule is CC(=O)O.CC(=O)O.CC(=O)O.CC(=O)O.CC(=O)O.NCCNCCN.[Na].[Na].[Na].[Zn]. The zero-order valence-corrected chi connectivity index (χ0v) is 28.9. The summed E-state index contributed by atoms with van der Waals surface area (Å²) in [4.78, 5) is 45.0. The Kier molecular flexibility index (Phi) is 130. The molecule has 169 valence electrons. The first-order valence-corrected chi connectivity index (χ1v) is 7.16. The first-order chi connectivity index (χ1) is 12.1. The molecule has 0 aliphatic rings. The molecule has 0 spiro atoms. The summed E-state index contributed by atoms with van der Waals surface area (Å²) in [6, 6.07) is 0. The Labute approximate surface area is 262 Å². The van der Waals surface area contributed by atoms with E-state index in [9.17, 15) is 0 Å². The summed E-state index contributed by atoms with van der Waals surface area (Å²) < 4.78 is 0. The average molecular weight is 538 g/mol. The zero-order chi connectivity index (χ0) is 23.4. The molecular weight excluding hydrogens is 505 g/mol. The van der Waals surface area contributed by atoms with Crippen molar-refractivity contribution in [1.29, 1.82) is 0 Å². The fraction of sp³-hybridized carbons (Fsp3) is 0.643. The van der Waals surface area contributed by atoms with Gasteiger partial charge in [0.2, 0.25) is 0 Å². The molecule has 0 aromatic rings. The Morgan fingerprint density at radius 1 is 0.548 bits per heavy atom. The fourth-order valence-corrected chi connectivity index (χ4v) is 0.329. The van der Waals surface area contributed by atoms with Crippen molar-refractivity contribution in [3.63, 3.8) is 0 Å². The minimum Gasteiger partial charge on any atom is -0.481 e. The van der Waals surface area contributed by atoms with E-state index in [1.165, 1.54) is 0 Å². The van der Waals surface area contributed by atoms with Gasteiger partial charge in [0.25, 0.3) is 29.8 Å². The maximum Gasteiger partial charge on any atom is 0.300 e. The van der Waals surface area contributed by atoms with E-state index in [-0.39, 0.29) is 108 Å². The summed E-state index contributed by atoms with van der Waals surface area (Å²) in [5.41, 5.74) is 10.3. The quantitative estimate of drug-likeness (QED) is 0.140. The number of carboxylic acid groups (broad SMARTS) is 5. The smallest absolute Gasteiger partial charge is 0.300 e. The van der Waals surface area contributed by atoms with Gasteiger partial charge in [-0.25, -0.2) is 0 Å². The van der Waals surface area contributed by atoms with Crippen LogP contribution in [0.1, 0.15) is 34.6 Å². The number of nitrogens with two attached hydrogens (primary N) is 2. The maximum absolute atomic E-state index is 9.00. The number of carboxylic acids is 5. The first-order valence-electron chi connectivity index (χ1n) is 7.16. The number of aliphatic carboxylic acids is 5. The molecule has 0 amide bonds. The van der Waals surface area contributed by atoms with Crippen molar-refractivity contribution in [2.45, 2.75) is 34.6 Å². The molecule has 0 saturated heterocycles.